The maximum absolute atomic E-state index is 14.1. The van der Waals surface area contributed by atoms with Gasteiger partial charge in [0.2, 0.25) is 11.8 Å². The van der Waals surface area contributed by atoms with E-state index in [2.05, 4.69) is 15.5 Å². The fraction of sp³-hybridized carbons (Fsp3) is 0.438. The topological polar surface area (TPSA) is 112 Å². The molecule has 0 spiro atoms. The van der Waals surface area contributed by atoms with Crippen molar-refractivity contribution in [3.05, 3.63) is 24.0 Å². The minimum atomic E-state index is -3.10. The van der Waals surface area contributed by atoms with Crippen molar-refractivity contribution in [3.8, 4) is 0 Å². The quantitative estimate of drug-likeness (QED) is 0.798. The molecule has 2 aliphatic heterocycles. The number of nitrogens with one attached hydrogen (secondary N) is 2. The van der Waals surface area contributed by atoms with Crippen LogP contribution in [0.1, 0.15) is 12.8 Å². The third kappa shape index (κ3) is 2.94. The third-order valence-corrected chi connectivity index (χ3v) is 6.62. The Hall–Kier alpha value is -2.49. The SMILES string of the molecule is O=C(N[C@H]1CCS(=O)(=O)C1)[C@@H]1CC(=O)N(c2n[nH]c3cccc(F)c23)C1. The molecule has 8 nitrogen and oxygen atoms in total. The summed E-state index contributed by atoms with van der Waals surface area (Å²) in [5.74, 6) is -1.64. The first-order valence-corrected chi connectivity index (χ1v) is 10.1. The van der Waals surface area contributed by atoms with E-state index >= 15 is 0 Å². The molecule has 0 aliphatic carbocycles. The summed E-state index contributed by atoms with van der Waals surface area (Å²) in [6, 6.07) is 4.06. The molecule has 0 radical (unpaired) electrons. The number of fused-ring (bicyclic) bond motifs is 1. The molecule has 4 rings (SSSR count). The first-order valence-electron chi connectivity index (χ1n) is 8.28. The number of sulfone groups is 1. The predicted molar refractivity (Wildman–Crippen MR) is 91.7 cm³/mol. The molecule has 2 aliphatic rings. The van der Waals surface area contributed by atoms with Gasteiger partial charge in [0.1, 0.15) is 5.82 Å². The minimum absolute atomic E-state index is 0.0197. The summed E-state index contributed by atoms with van der Waals surface area (Å²) in [6.45, 7) is 0.0818. The molecule has 0 unspecified atom stereocenters. The average molecular weight is 380 g/mol. The summed E-state index contributed by atoms with van der Waals surface area (Å²) in [7, 11) is -3.10. The highest BCUT2D eigenvalue weighted by Crippen LogP contribution is 2.31. The molecule has 1 aromatic carbocycles. The summed E-state index contributed by atoms with van der Waals surface area (Å²) in [5, 5.41) is 9.64. The molecule has 2 aromatic rings. The van der Waals surface area contributed by atoms with Gasteiger partial charge in [-0.3, -0.25) is 19.6 Å². The number of halogens is 1. The number of nitrogens with zero attached hydrogens (tertiary/aromatic N) is 2. The first-order chi connectivity index (χ1) is 12.3. The van der Waals surface area contributed by atoms with E-state index in [1.165, 1.54) is 17.0 Å². The molecule has 0 saturated carbocycles. The molecule has 138 valence electrons. The number of benzene rings is 1. The van der Waals surface area contributed by atoms with Crippen LogP contribution in [-0.2, 0) is 19.4 Å². The van der Waals surface area contributed by atoms with Gasteiger partial charge in [-0.1, -0.05) is 6.07 Å². The molecular formula is C16H17FN4O4S. The largest absolute Gasteiger partial charge is 0.352 e. The van der Waals surface area contributed by atoms with E-state index < -0.39 is 27.6 Å². The van der Waals surface area contributed by atoms with E-state index in [0.717, 1.165) is 0 Å². The Bertz CT molecular complexity index is 1000. The summed E-state index contributed by atoms with van der Waals surface area (Å²) >= 11 is 0. The highest BCUT2D eigenvalue weighted by Gasteiger charge is 2.39. The van der Waals surface area contributed by atoms with Crippen LogP contribution in [0.4, 0.5) is 10.2 Å². The zero-order chi connectivity index (χ0) is 18.5. The summed E-state index contributed by atoms with van der Waals surface area (Å²) in [4.78, 5) is 26.1. The van der Waals surface area contributed by atoms with Crippen LogP contribution in [0, 0.1) is 11.7 Å². The molecule has 3 heterocycles. The number of hydrogen-bond acceptors (Lipinski definition) is 5. The van der Waals surface area contributed by atoms with Crippen LogP contribution in [0.3, 0.4) is 0 Å². The maximum atomic E-state index is 14.1. The van der Waals surface area contributed by atoms with E-state index in [9.17, 15) is 22.4 Å². The van der Waals surface area contributed by atoms with Gasteiger partial charge in [0.05, 0.1) is 28.3 Å². The van der Waals surface area contributed by atoms with Crippen LogP contribution >= 0.6 is 0 Å². The van der Waals surface area contributed by atoms with E-state index in [1.54, 1.807) is 6.07 Å². The second kappa shape index (κ2) is 6.04. The van der Waals surface area contributed by atoms with Gasteiger partial charge in [0.25, 0.3) is 0 Å². The Kier molecular flexibility index (Phi) is 3.94. The predicted octanol–water partition coefficient (Wildman–Crippen LogP) is 0.358. The Balaban J connectivity index is 1.51. The van der Waals surface area contributed by atoms with Crippen molar-refractivity contribution in [2.45, 2.75) is 18.9 Å². The number of rotatable bonds is 3. The highest BCUT2D eigenvalue weighted by molar-refractivity contribution is 7.91. The second-order valence-electron chi connectivity index (χ2n) is 6.72. The van der Waals surface area contributed by atoms with E-state index in [-0.39, 0.29) is 47.5 Å². The average Bonchev–Trinajstić information content (AvgIpc) is 3.25. The van der Waals surface area contributed by atoms with E-state index in [0.29, 0.717) is 11.9 Å². The van der Waals surface area contributed by atoms with Crippen LogP contribution in [-0.4, -0.2) is 54.5 Å². The molecule has 2 amide bonds. The van der Waals surface area contributed by atoms with Gasteiger partial charge in [-0.25, -0.2) is 12.8 Å². The van der Waals surface area contributed by atoms with Crippen LogP contribution in [0.15, 0.2) is 18.2 Å². The normalized spacial score (nSPS) is 25.1. The molecule has 1 aromatic heterocycles. The Labute approximate surface area is 148 Å². The fourth-order valence-corrected chi connectivity index (χ4v) is 5.20. The molecule has 26 heavy (non-hydrogen) atoms. The van der Waals surface area contributed by atoms with E-state index in [4.69, 9.17) is 0 Å². The molecule has 2 fully saturated rings. The lowest BCUT2D eigenvalue weighted by Crippen LogP contribution is -2.40. The first kappa shape index (κ1) is 17.0. The lowest BCUT2D eigenvalue weighted by molar-refractivity contribution is -0.126. The van der Waals surface area contributed by atoms with Gasteiger partial charge in [0.15, 0.2) is 15.7 Å². The molecule has 2 saturated heterocycles. The van der Waals surface area contributed by atoms with Crippen molar-refractivity contribution in [2.24, 2.45) is 5.92 Å². The zero-order valence-corrected chi connectivity index (χ0v) is 14.6. The number of carbonyl (C=O) groups is 2. The van der Waals surface area contributed by atoms with Gasteiger partial charge in [-0.05, 0) is 18.6 Å². The van der Waals surface area contributed by atoms with Crippen molar-refractivity contribution >= 4 is 38.4 Å². The standard InChI is InChI=1S/C16H17FN4O4S/c17-11-2-1-3-12-14(11)15(20-19-12)21-7-9(6-13(21)22)16(23)18-10-4-5-26(24,25)8-10/h1-3,9-10H,4-8H2,(H,18,23)(H,19,20)/t9-,10+/m1/s1. The number of aromatic nitrogens is 2. The Morgan fingerprint density at radius 2 is 2.19 bits per heavy atom. The van der Waals surface area contributed by atoms with Gasteiger partial charge >= 0.3 is 0 Å². The van der Waals surface area contributed by atoms with Crippen molar-refractivity contribution in [1.29, 1.82) is 0 Å². The Morgan fingerprint density at radius 3 is 2.92 bits per heavy atom. The number of carbonyl (C=O) groups excluding carboxylic acids is 2. The summed E-state index contributed by atoms with van der Waals surface area (Å²) < 4.78 is 37.1. The van der Waals surface area contributed by atoms with Gasteiger partial charge in [0, 0.05) is 19.0 Å². The van der Waals surface area contributed by atoms with Crippen molar-refractivity contribution in [2.75, 3.05) is 23.0 Å². The highest BCUT2D eigenvalue weighted by atomic mass is 32.2. The number of aromatic amines is 1. The van der Waals surface area contributed by atoms with Crippen LogP contribution < -0.4 is 10.2 Å². The van der Waals surface area contributed by atoms with Crippen LogP contribution in [0.25, 0.3) is 10.9 Å². The molecule has 2 atom stereocenters. The number of anilines is 1. The molecular weight excluding hydrogens is 363 g/mol. The van der Waals surface area contributed by atoms with Crippen molar-refractivity contribution in [3.63, 3.8) is 0 Å². The number of hydrogen-bond donors (Lipinski definition) is 2. The monoisotopic (exact) mass is 380 g/mol. The van der Waals surface area contributed by atoms with Crippen LogP contribution in [0.5, 0.6) is 0 Å². The van der Waals surface area contributed by atoms with Crippen molar-refractivity contribution in [1.82, 2.24) is 15.5 Å². The number of amides is 2. The van der Waals surface area contributed by atoms with Crippen molar-refractivity contribution < 1.29 is 22.4 Å². The van der Waals surface area contributed by atoms with E-state index in [1.807, 2.05) is 0 Å². The lowest BCUT2D eigenvalue weighted by atomic mass is 10.1. The third-order valence-electron chi connectivity index (χ3n) is 4.85. The Morgan fingerprint density at radius 1 is 1.38 bits per heavy atom. The fourth-order valence-electron chi connectivity index (χ4n) is 3.52. The maximum Gasteiger partial charge on any atom is 0.229 e. The minimum Gasteiger partial charge on any atom is -0.352 e. The van der Waals surface area contributed by atoms with Gasteiger partial charge in [-0.2, -0.15) is 5.10 Å². The molecule has 2 N–H and O–H groups in total. The van der Waals surface area contributed by atoms with Crippen LogP contribution in [0.2, 0.25) is 0 Å². The second-order valence-corrected chi connectivity index (χ2v) is 8.95. The molecule has 0 bridgehead atoms. The molecule has 10 heteroatoms. The zero-order valence-electron chi connectivity index (χ0n) is 13.7. The lowest BCUT2D eigenvalue weighted by Gasteiger charge is -2.16. The number of H-pyrrole nitrogens is 1. The van der Waals surface area contributed by atoms with Gasteiger partial charge in [-0.15, -0.1) is 0 Å². The summed E-state index contributed by atoms with van der Waals surface area (Å²) in [5.41, 5.74) is 0.469. The van der Waals surface area contributed by atoms with Gasteiger partial charge < -0.3 is 5.32 Å². The smallest absolute Gasteiger partial charge is 0.229 e. The summed E-state index contributed by atoms with van der Waals surface area (Å²) in [6.07, 6.45) is 0.363.